The number of aryl methyl sites for hydroxylation is 1. The highest BCUT2D eigenvalue weighted by atomic mass is 16.5. The largest absolute Gasteiger partial charge is 0.472 e. The molecule has 3 rings (SSSR count). The van der Waals surface area contributed by atoms with Crippen LogP contribution in [0, 0.1) is 18.3 Å². The molecule has 2 aromatic rings. The van der Waals surface area contributed by atoms with E-state index in [-0.39, 0.29) is 12.0 Å². The van der Waals surface area contributed by atoms with Gasteiger partial charge in [-0.25, -0.2) is 4.98 Å². The summed E-state index contributed by atoms with van der Waals surface area (Å²) >= 11 is 0. The minimum atomic E-state index is -0.134. The summed E-state index contributed by atoms with van der Waals surface area (Å²) in [6.07, 6.45) is 3.55. The molecular formula is C15H14N4O3. The lowest BCUT2D eigenvalue weighted by molar-refractivity contribution is 0.0769. The van der Waals surface area contributed by atoms with Crippen LogP contribution in [0.4, 0.5) is 0 Å². The maximum absolute atomic E-state index is 12.3. The summed E-state index contributed by atoms with van der Waals surface area (Å²) < 4.78 is 10.7. The molecule has 1 amide bonds. The lowest BCUT2D eigenvalue weighted by Gasteiger charge is -2.16. The highest BCUT2D eigenvalue weighted by Gasteiger charge is 2.30. The van der Waals surface area contributed by atoms with Gasteiger partial charge < -0.3 is 14.2 Å². The summed E-state index contributed by atoms with van der Waals surface area (Å²) in [5, 5.41) is 12.5. The van der Waals surface area contributed by atoms with Crippen molar-refractivity contribution in [3.8, 4) is 11.9 Å². The molecule has 22 heavy (non-hydrogen) atoms. The van der Waals surface area contributed by atoms with Crippen LogP contribution in [0.2, 0.25) is 0 Å². The maximum atomic E-state index is 12.3. The Hall–Kier alpha value is -2.88. The van der Waals surface area contributed by atoms with Gasteiger partial charge in [0.15, 0.2) is 0 Å². The average molecular weight is 298 g/mol. The molecule has 1 atom stereocenters. The van der Waals surface area contributed by atoms with E-state index in [1.807, 2.05) is 6.07 Å². The van der Waals surface area contributed by atoms with Crippen molar-refractivity contribution in [2.24, 2.45) is 0 Å². The predicted molar refractivity (Wildman–Crippen MR) is 75.1 cm³/mol. The van der Waals surface area contributed by atoms with Crippen molar-refractivity contribution in [2.75, 3.05) is 13.1 Å². The zero-order valence-corrected chi connectivity index (χ0v) is 12.0. The van der Waals surface area contributed by atoms with E-state index in [0.717, 1.165) is 0 Å². The SMILES string of the molecule is Cc1oncc1C(=O)N1CCC(Oc2cc(C#N)ccn2)C1. The number of hydrogen-bond acceptors (Lipinski definition) is 6. The Morgan fingerprint density at radius 2 is 2.45 bits per heavy atom. The molecule has 2 aromatic heterocycles. The van der Waals surface area contributed by atoms with Crippen molar-refractivity contribution in [1.29, 1.82) is 5.26 Å². The van der Waals surface area contributed by atoms with Crippen LogP contribution in [0.25, 0.3) is 0 Å². The lowest BCUT2D eigenvalue weighted by Crippen LogP contribution is -2.31. The second-order valence-electron chi connectivity index (χ2n) is 5.07. The number of nitriles is 1. The molecule has 7 nitrogen and oxygen atoms in total. The molecule has 0 aliphatic carbocycles. The Kier molecular flexibility index (Phi) is 3.74. The number of pyridine rings is 1. The van der Waals surface area contributed by atoms with Crippen LogP contribution >= 0.6 is 0 Å². The third-order valence-corrected chi connectivity index (χ3v) is 3.56. The first-order valence-corrected chi connectivity index (χ1v) is 6.90. The van der Waals surface area contributed by atoms with Crippen molar-refractivity contribution in [3.63, 3.8) is 0 Å². The summed E-state index contributed by atoms with van der Waals surface area (Å²) in [4.78, 5) is 18.1. The van der Waals surface area contributed by atoms with Crippen LogP contribution in [-0.4, -0.2) is 40.1 Å². The molecule has 1 fully saturated rings. The van der Waals surface area contributed by atoms with Gasteiger partial charge in [-0.3, -0.25) is 4.79 Å². The first-order chi connectivity index (χ1) is 10.7. The normalized spacial score (nSPS) is 17.3. The summed E-state index contributed by atoms with van der Waals surface area (Å²) in [7, 11) is 0. The average Bonchev–Trinajstić information content (AvgIpc) is 3.16. The van der Waals surface area contributed by atoms with E-state index in [1.165, 1.54) is 12.4 Å². The number of ether oxygens (including phenoxy) is 1. The maximum Gasteiger partial charge on any atom is 0.259 e. The summed E-state index contributed by atoms with van der Waals surface area (Å²) in [6, 6.07) is 5.25. The van der Waals surface area contributed by atoms with Crippen LogP contribution < -0.4 is 4.74 Å². The van der Waals surface area contributed by atoms with Crippen molar-refractivity contribution in [3.05, 3.63) is 41.4 Å². The molecule has 7 heteroatoms. The standard InChI is InChI=1S/C15H14N4O3/c1-10-13(8-18-22-10)15(20)19-5-3-12(9-19)21-14-6-11(7-16)2-4-17-14/h2,4,6,8,12H,3,5,9H2,1H3. The minimum Gasteiger partial charge on any atom is -0.472 e. The van der Waals surface area contributed by atoms with Gasteiger partial charge in [-0.05, 0) is 13.0 Å². The van der Waals surface area contributed by atoms with Crippen molar-refractivity contribution >= 4 is 5.91 Å². The van der Waals surface area contributed by atoms with Gasteiger partial charge in [0.05, 0.1) is 24.4 Å². The van der Waals surface area contributed by atoms with Crippen LogP contribution in [0.5, 0.6) is 5.88 Å². The fourth-order valence-electron chi connectivity index (χ4n) is 2.40. The number of likely N-dealkylation sites (tertiary alicyclic amines) is 1. The topological polar surface area (TPSA) is 92.3 Å². The molecule has 0 spiro atoms. The lowest BCUT2D eigenvalue weighted by atomic mass is 10.2. The monoisotopic (exact) mass is 298 g/mol. The van der Waals surface area contributed by atoms with Gasteiger partial charge in [0, 0.05) is 25.2 Å². The number of nitrogens with zero attached hydrogens (tertiary/aromatic N) is 4. The molecule has 0 bridgehead atoms. The zero-order chi connectivity index (χ0) is 15.5. The molecule has 3 heterocycles. The second kappa shape index (κ2) is 5.85. The smallest absolute Gasteiger partial charge is 0.259 e. The third kappa shape index (κ3) is 2.76. The van der Waals surface area contributed by atoms with Gasteiger partial charge in [0.2, 0.25) is 5.88 Å². The Morgan fingerprint density at radius 1 is 1.59 bits per heavy atom. The Morgan fingerprint density at radius 3 is 3.18 bits per heavy atom. The van der Waals surface area contributed by atoms with Crippen molar-refractivity contribution in [1.82, 2.24) is 15.0 Å². The fourth-order valence-corrected chi connectivity index (χ4v) is 2.40. The van der Waals surface area contributed by atoms with E-state index in [4.69, 9.17) is 14.5 Å². The zero-order valence-electron chi connectivity index (χ0n) is 12.0. The molecule has 112 valence electrons. The van der Waals surface area contributed by atoms with E-state index < -0.39 is 0 Å². The number of rotatable bonds is 3. The highest BCUT2D eigenvalue weighted by molar-refractivity contribution is 5.94. The van der Waals surface area contributed by atoms with Gasteiger partial charge >= 0.3 is 0 Å². The van der Waals surface area contributed by atoms with Crippen LogP contribution in [0.3, 0.4) is 0 Å². The van der Waals surface area contributed by atoms with E-state index in [0.29, 0.717) is 42.3 Å². The van der Waals surface area contributed by atoms with E-state index in [1.54, 1.807) is 24.0 Å². The Bertz CT molecular complexity index is 734. The number of carbonyl (C=O) groups excluding carboxylic acids is 1. The molecule has 1 saturated heterocycles. The molecular weight excluding hydrogens is 284 g/mol. The molecule has 1 aliphatic rings. The van der Waals surface area contributed by atoms with Gasteiger partial charge in [-0.2, -0.15) is 5.26 Å². The first-order valence-electron chi connectivity index (χ1n) is 6.90. The van der Waals surface area contributed by atoms with Crippen molar-refractivity contribution < 1.29 is 14.1 Å². The van der Waals surface area contributed by atoms with Crippen LogP contribution in [0.1, 0.15) is 28.1 Å². The number of hydrogen-bond donors (Lipinski definition) is 0. The number of aromatic nitrogens is 2. The molecule has 0 N–H and O–H groups in total. The summed E-state index contributed by atoms with van der Waals surface area (Å²) in [5.41, 5.74) is 0.973. The third-order valence-electron chi connectivity index (χ3n) is 3.56. The van der Waals surface area contributed by atoms with E-state index in [2.05, 4.69) is 10.1 Å². The van der Waals surface area contributed by atoms with E-state index in [9.17, 15) is 4.79 Å². The molecule has 0 saturated carbocycles. The molecule has 0 aromatic carbocycles. The van der Waals surface area contributed by atoms with Crippen LogP contribution in [0.15, 0.2) is 29.0 Å². The fraction of sp³-hybridized carbons (Fsp3) is 0.333. The first kappa shape index (κ1) is 14.1. The highest BCUT2D eigenvalue weighted by Crippen LogP contribution is 2.20. The van der Waals surface area contributed by atoms with Crippen LogP contribution in [-0.2, 0) is 0 Å². The quantitative estimate of drug-likeness (QED) is 0.853. The van der Waals surface area contributed by atoms with E-state index >= 15 is 0 Å². The Balaban J connectivity index is 1.64. The van der Waals surface area contributed by atoms with Gasteiger partial charge in [0.1, 0.15) is 17.4 Å². The second-order valence-corrected chi connectivity index (χ2v) is 5.07. The van der Waals surface area contributed by atoms with Gasteiger partial charge in [-0.15, -0.1) is 0 Å². The number of amides is 1. The molecule has 0 radical (unpaired) electrons. The summed E-state index contributed by atoms with van der Waals surface area (Å²) in [5.74, 6) is 0.806. The van der Waals surface area contributed by atoms with Crippen molar-refractivity contribution in [2.45, 2.75) is 19.4 Å². The minimum absolute atomic E-state index is 0.108. The molecule has 1 unspecified atom stereocenters. The summed E-state index contributed by atoms with van der Waals surface area (Å²) in [6.45, 7) is 2.79. The Labute approximate surface area is 127 Å². The predicted octanol–water partition coefficient (Wildman–Crippen LogP) is 1.54. The molecule has 1 aliphatic heterocycles. The number of carbonyl (C=O) groups is 1. The van der Waals surface area contributed by atoms with Gasteiger partial charge in [0.25, 0.3) is 5.91 Å². The van der Waals surface area contributed by atoms with Gasteiger partial charge in [-0.1, -0.05) is 5.16 Å².